The van der Waals surface area contributed by atoms with Crippen molar-refractivity contribution in [2.24, 2.45) is 5.92 Å². The zero-order chi connectivity index (χ0) is 27.6. The second-order valence-corrected chi connectivity index (χ2v) is 11.1. The quantitative estimate of drug-likeness (QED) is 0.319. The SMILES string of the molecule is CC(C)N(CCN(C(=O)Nc1cc([N+](=O)[O-])ccc1F)[C@@H]1CC[C@]2(c3cccc(C#N)c3)CC2C1)C(C)C. The number of benzene rings is 2. The van der Waals surface area contributed by atoms with E-state index in [4.69, 9.17) is 0 Å². The molecule has 2 aromatic rings. The van der Waals surface area contributed by atoms with Gasteiger partial charge in [-0.2, -0.15) is 5.26 Å². The number of fused-ring (bicyclic) bond motifs is 1. The Balaban J connectivity index is 1.54. The number of hydrogen-bond acceptors (Lipinski definition) is 5. The van der Waals surface area contributed by atoms with E-state index in [1.165, 1.54) is 5.56 Å². The predicted octanol–water partition coefficient (Wildman–Crippen LogP) is 6.07. The number of halogens is 1. The highest BCUT2D eigenvalue weighted by atomic mass is 19.1. The van der Waals surface area contributed by atoms with Crippen molar-refractivity contribution in [1.82, 2.24) is 9.80 Å². The van der Waals surface area contributed by atoms with Gasteiger partial charge >= 0.3 is 6.03 Å². The number of rotatable bonds is 9. The fourth-order valence-electron chi connectivity index (χ4n) is 6.24. The highest BCUT2D eigenvalue weighted by Crippen LogP contribution is 2.62. The molecule has 0 saturated heterocycles. The summed E-state index contributed by atoms with van der Waals surface area (Å²) in [6.45, 7) is 9.62. The van der Waals surface area contributed by atoms with Crippen LogP contribution in [0.5, 0.6) is 0 Å². The van der Waals surface area contributed by atoms with Gasteiger partial charge in [-0.1, -0.05) is 12.1 Å². The van der Waals surface area contributed by atoms with Gasteiger partial charge in [0.2, 0.25) is 0 Å². The fourth-order valence-corrected chi connectivity index (χ4v) is 6.24. The van der Waals surface area contributed by atoms with Crippen LogP contribution in [0, 0.1) is 33.2 Å². The summed E-state index contributed by atoms with van der Waals surface area (Å²) >= 11 is 0. The Morgan fingerprint density at radius 2 is 1.95 bits per heavy atom. The number of carbonyl (C=O) groups is 1. The molecule has 9 heteroatoms. The molecule has 1 N–H and O–H groups in total. The smallest absolute Gasteiger partial charge is 0.320 e. The Hall–Kier alpha value is -3.51. The van der Waals surface area contributed by atoms with E-state index in [0.29, 0.717) is 36.7 Å². The lowest BCUT2D eigenvalue weighted by Gasteiger charge is -2.39. The molecule has 202 valence electrons. The molecule has 8 nitrogen and oxygen atoms in total. The van der Waals surface area contributed by atoms with Gasteiger partial charge in [0.15, 0.2) is 0 Å². The van der Waals surface area contributed by atoms with Crippen molar-refractivity contribution in [2.45, 2.75) is 76.9 Å². The summed E-state index contributed by atoms with van der Waals surface area (Å²) in [5.41, 5.74) is 1.44. The van der Waals surface area contributed by atoms with Crippen molar-refractivity contribution < 1.29 is 14.1 Å². The first-order chi connectivity index (χ1) is 18.1. The van der Waals surface area contributed by atoms with E-state index in [1.54, 1.807) is 4.90 Å². The molecular formula is C29H36FN5O3. The number of carbonyl (C=O) groups excluding carboxylic acids is 1. The second kappa shape index (κ2) is 11.1. The van der Waals surface area contributed by atoms with Gasteiger partial charge < -0.3 is 10.2 Å². The molecule has 2 aromatic carbocycles. The third-order valence-corrected chi connectivity index (χ3v) is 8.31. The second-order valence-electron chi connectivity index (χ2n) is 11.1. The lowest BCUT2D eigenvalue weighted by molar-refractivity contribution is -0.384. The maximum atomic E-state index is 14.5. The normalized spacial score (nSPS) is 22.2. The van der Waals surface area contributed by atoms with Crippen molar-refractivity contribution in [2.75, 3.05) is 18.4 Å². The van der Waals surface area contributed by atoms with Crippen molar-refractivity contribution in [1.29, 1.82) is 5.26 Å². The van der Waals surface area contributed by atoms with E-state index in [2.05, 4.69) is 50.0 Å². The Kier molecular flexibility index (Phi) is 8.02. The molecule has 0 aliphatic heterocycles. The molecule has 38 heavy (non-hydrogen) atoms. The van der Waals surface area contributed by atoms with Crippen molar-refractivity contribution in [3.63, 3.8) is 0 Å². The first-order valence-electron chi connectivity index (χ1n) is 13.3. The van der Waals surface area contributed by atoms with Gasteiger partial charge in [-0.25, -0.2) is 9.18 Å². The van der Waals surface area contributed by atoms with Crippen LogP contribution in [0.25, 0.3) is 0 Å². The number of nitriles is 1. The van der Waals surface area contributed by atoms with Crippen molar-refractivity contribution in [3.05, 3.63) is 69.5 Å². The zero-order valence-corrected chi connectivity index (χ0v) is 22.5. The van der Waals surface area contributed by atoms with Gasteiger partial charge in [0.1, 0.15) is 5.82 Å². The maximum Gasteiger partial charge on any atom is 0.322 e. The summed E-state index contributed by atoms with van der Waals surface area (Å²) in [6, 6.07) is 13.3. The monoisotopic (exact) mass is 521 g/mol. The van der Waals surface area contributed by atoms with E-state index in [9.17, 15) is 24.6 Å². The van der Waals surface area contributed by atoms with E-state index in [1.807, 2.05) is 18.2 Å². The number of urea groups is 1. The number of nitrogens with zero attached hydrogens (tertiary/aromatic N) is 4. The standard InChI is InChI=1S/C29H36FN5O3/c1-19(2)33(20(3)4)12-13-34(28(36)32-27-16-25(35(37)38)8-9-26(27)30)24-10-11-29(17-23(29)15-24)22-7-5-6-21(14-22)18-31/h5-9,14,16,19-20,23-24H,10-13,15,17H2,1-4H3,(H,32,36)/t23?,24-,29-/m1/s1. The first-order valence-corrected chi connectivity index (χ1v) is 13.3. The predicted molar refractivity (Wildman–Crippen MR) is 144 cm³/mol. The topological polar surface area (TPSA) is 103 Å². The average Bonchev–Trinajstić information content (AvgIpc) is 3.62. The molecule has 0 heterocycles. The Bertz CT molecular complexity index is 1230. The van der Waals surface area contributed by atoms with Gasteiger partial charge in [0, 0.05) is 43.3 Å². The summed E-state index contributed by atoms with van der Waals surface area (Å²) in [4.78, 5) is 28.3. The Morgan fingerprint density at radius 1 is 1.21 bits per heavy atom. The van der Waals surface area contributed by atoms with Crippen LogP contribution >= 0.6 is 0 Å². The number of amides is 2. The number of nitro groups is 1. The molecule has 0 spiro atoms. The number of anilines is 1. The van der Waals surface area contributed by atoms with Crippen LogP contribution in [-0.2, 0) is 5.41 Å². The summed E-state index contributed by atoms with van der Waals surface area (Å²) in [5, 5.41) is 23.2. The molecule has 2 saturated carbocycles. The molecule has 0 radical (unpaired) electrons. The Labute approximate surface area is 223 Å². The third-order valence-electron chi connectivity index (χ3n) is 8.31. The summed E-state index contributed by atoms with van der Waals surface area (Å²) < 4.78 is 14.5. The van der Waals surface area contributed by atoms with Gasteiger partial charge in [-0.05, 0) is 88.5 Å². The van der Waals surface area contributed by atoms with E-state index in [-0.39, 0.29) is 22.8 Å². The molecule has 2 amide bonds. The largest absolute Gasteiger partial charge is 0.322 e. The van der Waals surface area contributed by atoms with Gasteiger partial charge in [-0.3, -0.25) is 15.0 Å². The highest BCUT2D eigenvalue weighted by molar-refractivity contribution is 5.90. The number of non-ortho nitro benzene ring substituents is 1. The fraction of sp³-hybridized carbons (Fsp3) is 0.517. The van der Waals surface area contributed by atoms with Gasteiger partial charge in [-0.15, -0.1) is 0 Å². The minimum atomic E-state index is -0.711. The molecule has 3 atom stereocenters. The first kappa shape index (κ1) is 27.5. The number of nitrogens with one attached hydrogen (secondary N) is 1. The molecule has 2 fully saturated rings. The minimum absolute atomic E-state index is 0.0299. The molecular weight excluding hydrogens is 485 g/mol. The maximum absolute atomic E-state index is 14.5. The van der Waals surface area contributed by atoms with E-state index in [0.717, 1.165) is 43.9 Å². The van der Waals surface area contributed by atoms with Crippen molar-refractivity contribution in [3.8, 4) is 6.07 Å². The molecule has 0 bridgehead atoms. The molecule has 4 rings (SSSR count). The summed E-state index contributed by atoms with van der Waals surface area (Å²) in [5.74, 6) is -0.302. The zero-order valence-electron chi connectivity index (χ0n) is 22.5. The summed E-state index contributed by atoms with van der Waals surface area (Å²) in [6.07, 6.45) is 3.55. The molecule has 0 aromatic heterocycles. The highest BCUT2D eigenvalue weighted by Gasteiger charge is 2.58. The Morgan fingerprint density at radius 3 is 2.58 bits per heavy atom. The number of nitro benzene ring substituents is 1. The van der Waals surface area contributed by atoms with Crippen LogP contribution in [-0.4, -0.2) is 52.0 Å². The van der Waals surface area contributed by atoms with Crippen LogP contribution in [0.1, 0.15) is 64.5 Å². The minimum Gasteiger partial charge on any atom is -0.320 e. The number of hydrogen-bond donors (Lipinski definition) is 1. The van der Waals surface area contributed by atoms with Gasteiger partial charge in [0.25, 0.3) is 5.69 Å². The van der Waals surface area contributed by atoms with E-state index >= 15 is 0 Å². The lowest BCUT2D eigenvalue weighted by atomic mass is 9.80. The molecule has 2 aliphatic carbocycles. The van der Waals surface area contributed by atoms with Crippen LogP contribution in [0.15, 0.2) is 42.5 Å². The van der Waals surface area contributed by atoms with Crippen LogP contribution in [0.2, 0.25) is 0 Å². The van der Waals surface area contributed by atoms with Crippen LogP contribution < -0.4 is 5.32 Å². The molecule has 2 aliphatic rings. The average molecular weight is 522 g/mol. The van der Waals surface area contributed by atoms with E-state index < -0.39 is 16.8 Å². The van der Waals surface area contributed by atoms with Crippen molar-refractivity contribution >= 4 is 17.4 Å². The van der Waals surface area contributed by atoms with Crippen LogP contribution in [0.3, 0.4) is 0 Å². The summed E-state index contributed by atoms with van der Waals surface area (Å²) in [7, 11) is 0. The third kappa shape index (κ3) is 5.65. The van der Waals surface area contributed by atoms with Gasteiger partial charge in [0.05, 0.1) is 22.2 Å². The molecule has 1 unspecified atom stereocenters. The lowest BCUT2D eigenvalue weighted by Crippen LogP contribution is -2.50. The van der Waals surface area contributed by atoms with Crippen LogP contribution in [0.4, 0.5) is 20.6 Å².